The van der Waals surface area contributed by atoms with Gasteiger partial charge in [-0.1, -0.05) is 24.3 Å². The van der Waals surface area contributed by atoms with E-state index in [4.69, 9.17) is 9.47 Å². The van der Waals surface area contributed by atoms with Crippen LogP contribution in [-0.2, 0) is 22.3 Å². The van der Waals surface area contributed by atoms with Crippen molar-refractivity contribution >= 4 is 5.78 Å². The first-order chi connectivity index (χ1) is 15.5. The zero-order chi connectivity index (χ0) is 23.8. The molecule has 2 aromatic carbocycles. The van der Waals surface area contributed by atoms with Gasteiger partial charge in [-0.2, -0.15) is 18.3 Å². The third kappa shape index (κ3) is 5.27. The van der Waals surface area contributed by atoms with E-state index < -0.39 is 17.3 Å². The zero-order valence-corrected chi connectivity index (χ0v) is 18.6. The van der Waals surface area contributed by atoms with Crippen LogP contribution in [0.3, 0.4) is 0 Å². The molecule has 1 aliphatic carbocycles. The molecule has 0 spiro atoms. The molecule has 3 aromatic rings. The van der Waals surface area contributed by atoms with E-state index >= 15 is 0 Å². The van der Waals surface area contributed by atoms with Gasteiger partial charge >= 0.3 is 6.18 Å². The molecule has 0 atom stereocenters. The van der Waals surface area contributed by atoms with Gasteiger partial charge in [-0.15, -0.1) is 0 Å². The van der Waals surface area contributed by atoms with Crippen molar-refractivity contribution in [2.75, 3.05) is 0 Å². The van der Waals surface area contributed by atoms with E-state index in [9.17, 15) is 18.0 Å². The van der Waals surface area contributed by atoms with Gasteiger partial charge in [-0.05, 0) is 63.9 Å². The monoisotopic (exact) mass is 458 g/mol. The predicted octanol–water partition coefficient (Wildman–Crippen LogP) is 5.98. The number of hydrogen-bond donors (Lipinski definition) is 0. The van der Waals surface area contributed by atoms with E-state index in [0.717, 1.165) is 18.9 Å². The number of carbonyl (C=O) groups excluding carboxylic acids is 1. The van der Waals surface area contributed by atoms with E-state index in [1.54, 1.807) is 38.1 Å². The minimum absolute atomic E-state index is 0.0287. The Morgan fingerprint density at radius 1 is 1.09 bits per heavy atom. The third-order valence-corrected chi connectivity index (χ3v) is 5.58. The molecule has 0 bridgehead atoms. The number of rotatable bonds is 8. The summed E-state index contributed by atoms with van der Waals surface area (Å²) in [5.74, 6) is 0.497. The summed E-state index contributed by atoms with van der Waals surface area (Å²) >= 11 is 0. The van der Waals surface area contributed by atoms with Gasteiger partial charge in [0.1, 0.15) is 11.4 Å². The lowest BCUT2D eigenvalue weighted by atomic mass is 10.1. The summed E-state index contributed by atoms with van der Waals surface area (Å²) in [6.45, 7) is 4.68. The fourth-order valence-corrected chi connectivity index (χ4v) is 3.25. The van der Waals surface area contributed by atoms with Gasteiger partial charge in [0.2, 0.25) is 0 Å². The maximum Gasteiger partial charge on any atom is 0.418 e. The van der Waals surface area contributed by atoms with E-state index in [1.165, 1.54) is 29.8 Å². The van der Waals surface area contributed by atoms with Gasteiger partial charge in [-0.25, -0.2) is 4.68 Å². The van der Waals surface area contributed by atoms with Crippen molar-refractivity contribution in [2.45, 2.75) is 58.1 Å². The number of para-hydroxylation sites is 1. The molecule has 1 aromatic heterocycles. The molecule has 0 saturated heterocycles. The molecule has 1 heterocycles. The summed E-state index contributed by atoms with van der Waals surface area (Å²) < 4.78 is 54.1. The van der Waals surface area contributed by atoms with Gasteiger partial charge in [0.15, 0.2) is 5.78 Å². The highest BCUT2D eigenvalue weighted by atomic mass is 19.4. The zero-order valence-electron chi connectivity index (χ0n) is 18.6. The molecule has 5 nitrogen and oxygen atoms in total. The first kappa shape index (κ1) is 23.0. The van der Waals surface area contributed by atoms with Gasteiger partial charge < -0.3 is 9.47 Å². The maximum absolute atomic E-state index is 13.8. The van der Waals surface area contributed by atoms with E-state index in [2.05, 4.69) is 5.10 Å². The van der Waals surface area contributed by atoms with Crippen molar-refractivity contribution in [3.8, 4) is 22.7 Å². The number of alkyl halides is 3. The Hall–Kier alpha value is -3.13. The van der Waals surface area contributed by atoms with Crippen LogP contribution in [0.1, 0.15) is 44.9 Å². The predicted molar refractivity (Wildman–Crippen MR) is 117 cm³/mol. The molecule has 0 N–H and O–H groups in total. The summed E-state index contributed by atoms with van der Waals surface area (Å²) in [7, 11) is 0. The lowest BCUT2D eigenvalue weighted by Gasteiger charge is -2.21. The Bertz CT molecular complexity index is 1160. The van der Waals surface area contributed by atoms with Crippen LogP contribution < -0.4 is 4.74 Å². The van der Waals surface area contributed by atoms with Crippen LogP contribution in [0.5, 0.6) is 5.75 Å². The molecule has 1 aliphatic rings. The third-order valence-electron chi connectivity index (χ3n) is 5.58. The second-order valence-corrected chi connectivity index (χ2v) is 8.65. The molecule has 174 valence electrons. The summed E-state index contributed by atoms with van der Waals surface area (Å²) in [6.07, 6.45) is -2.37. The largest absolute Gasteiger partial charge is 0.490 e. The molecule has 0 unspecified atom stereocenters. The molecule has 0 aliphatic heterocycles. The summed E-state index contributed by atoms with van der Waals surface area (Å²) in [6, 6.07) is 14.2. The highest BCUT2D eigenvalue weighted by molar-refractivity contribution is 5.83. The Morgan fingerprint density at radius 2 is 1.82 bits per heavy atom. The average Bonchev–Trinajstić information content (AvgIpc) is 3.46. The van der Waals surface area contributed by atoms with Gasteiger partial charge in [-0.3, -0.25) is 4.79 Å². The fraction of sp³-hybridized carbons (Fsp3) is 0.360. The molecule has 4 rings (SSSR count). The highest BCUT2D eigenvalue weighted by Gasteiger charge is 2.35. The summed E-state index contributed by atoms with van der Waals surface area (Å²) in [5, 5.41) is 4.44. The number of ether oxygens (including phenoxy) is 2. The van der Waals surface area contributed by atoms with Crippen LogP contribution in [0, 0.1) is 0 Å². The van der Waals surface area contributed by atoms with E-state index in [-0.39, 0.29) is 24.2 Å². The van der Waals surface area contributed by atoms with Crippen molar-refractivity contribution in [3.05, 3.63) is 65.9 Å². The van der Waals surface area contributed by atoms with Crippen LogP contribution in [-0.4, -0.2) is 27.3 Å². The minimum atomic E-state index is -4.55. The van der Waals surface area contributed by atoms with Crippen LogP contribution in [0.4, 0.5) is 13.2 Å². The van der Waals surface area contributed by atoms with Crippen LogP contribution >= 0.6 is 0 Å². The van der Waals surface area contributed by atoms with Crippen LogP contribution in [0.15, 0.2) is 54.6 Å². The fourth-order valence-electron chi connectivity index (χ4n) is 3.25. The van der Waals surface area contributed by atoms with Crippen molar-refractivity contribution in [1.82, 2.24) is 9.78 Å². The van der Waals surface area contributed by atoms with Crippen molar-refractivity contribution in [1.29, 1.82) is 0 Å². The van der Waals surface area contributed by atoms with Gasteiger partial charge in [0, 0.05) is 5.56 Å². The van der Waals surface area contributed by atoms with Crippen LogP contribution in [0.25, 0.3) is 16.9 Å². The SMILES string of the molecule is CC(=O)C(C)(C)OCc1cc(-c2cccc(OC3CC3)c2)n(-c2ccccc2C(F)(F)F)n1. The topological polar surface area (TPSA) is 53.4 Å². The normalized spacial score (nSPS) is 14.4. The van der Waals surface area contributed by atoms with E-state index in [1.807, 2.05) is 6.07 Å². The molecule has 33 heavy (non-hydrogen) atoms. The van der Waals surface area contributed by atoms with Crippen molar-refractivity contribution in [3.63, 3.8) is 0 Å². The number of carbonyl (C=O) groups is 1. The second kappa shape index (κ2) is 8.67. The first-order valence-electron chi connectivity index (χ1n) is 10.7. The number of halogens is 3. The molecule has 0 amide bonds. The molecule has 1 fully saturated rings. The highest BCUT2D eigenvalue weighted by Crippen LogP contribution is 2.36. The molecular weight excluding hydrogens is 433 g/mol. The maximum atomic E-state index is 13.8. The Labute approximate surface area is 190 Å². The molecule has 1 saturated carbocycles. The number of benzene rings is 2. The Kier molecular flexibility index (Phi) is 6.05. The quantitative estimate of drug-likeness (QED) is 0.417. The number of aromatic nitrogens is 2. The summed E-state index contributed by atoms with van der Waals surface area (Å²) in [5.41, 5.74) is -0.389. The second-order valence-electron chi connectivity index (χ2n) is 8.65. The number of hydrogen-bond acceptors (Lipinski definition) is 4. The Morgan fingerprint density at radius 3 is 2.48 bits per heavy atom. The molecule has 0 radical (unpaired) electrons. The minimum Gasteiger partial charge on any atom is -0.490 e. The van der Waals surface area contributed by atoms with Gasteiger partial charge in [0.05, 0.1) is 35.3 Å². The lowest BCUT2D eigenvalue weighted by molar-refractivity contribution is -0.139. The molecular formula is C25H25F3N2O3. The standard InChI is InChI=1S/C25H25F3N2O3/c1-16(31)24(2,3)32-15-18-14-23(17-7-6-8-20(13-17)33-19-11-12-19)30(29-18)22-10-5-4-9-21(22)25(26,27)28/h4-10,13-14,19H,11-12,15H2,1-3H3. The van der Waals surface area contributed by atoms with Crippen molar-refractivity contribution < 1.29 is 27.4 Å². The molecule has 8 heteroatoms. The van der Waals surface area contributed by atoms with Crippen molar-refractivity contribution in [2.24, 2.45) is 0 Å². The van der Waals surface area contributed by atoms with Gasteiger partial charge in [0.25, 0.3) is 0 Å². The van der Waals surface area contributed by atoms with Crippen LogP contribution in [0.2, 0.25) is 0 Å². The number of nitrogens with zero attached hydrogens (tertiary/aromatic N) is 2. The summed E-state index contributed by atoms with van der Waals surface area (Å²) in [4.78, 5) is 11.8. The number of ketones is 1. The number of Topliss-reactive ketones (excluding diaryl/α,β-unsaturated/α-hetero) is 1. The average molecular weight is 458 g/mol. The smallest absolute Gasteiger partial charge is 0.418 e. The lowest BCUT2D eigenvalue weighted by Crippen LogP contribution is -2.32. The Balaban J connectivity index is 1.78. The van der Waals surface area contributed by atoms with E-state index in [0.29, 0.717) is 22.7 Å². The first-order valence-corrected chi connectivity index (χ1v) is 10.7.